The molecule has 1 fully saturated rings. The fourth-order valence-electron chi connectivity index (χ4n) is 5.56. The van der Waals surface area contributed by atoms with Crippen molar-refractivity contribution in [1.82, 2.24) is 29.7 Å². The summed E-state index contributed by atoms with van der Waals surface area (Å²) in [6.07, 6.45) is -1.59. The second-order valence-electron chi connectivity index (χ2n) is 10.1. The summed E-state index contributed by atoms with van der Waals surface area (Å²) >= 11 is 0. The van der Waals surface area contributed by atoms with Crippen LogP contribution >= 0.6 is 0 Å². The van der Waals surface area contributed by atoms with Gasteiger partial charge in [-0.05, 0) is 29.3 Å². The Kier molecular flexibility index (Phi) is 7.07. The predicted molar refractivity (Wildman–Crippen MR) is 146 cm³/mol. The zero-order valence-corrected chi connectivity index (χ0v) is 21.9. The molecule has 12 heteroatoms. The third kappa shape index (κ3) is 4.75. The Hall–Kier alpha value is -4.10. The van der Waals surface area contributed by atoms with Crippen LogP contribution in [0.4, 0.5) is 10.6 Å². The number of aliphatic hydroxyl groups is 2. The summed E-state index contributed by atoms with van der Waals surface area (Å²) in [5, 5.41) is 24.1. The number of fused-ring (bicyclic) bond motifs is 4. The summed E-state index contributed by atoms with van der Waals surface area (Å²) in [6.45, 7) is 1.39. The Morgan fingerprint density at radius 2 is 1.77 bits per heavy atom. The minimum atomic E-state index is -1.19. The Morgan fingerprint density at radius 3 is 2.50 bits per heavy atom. The maximum absolute atomic E-state index is 12.5. The van der Waals surface area contributed by atoms with E-state index in [2.05, 4.69) is 44.5 Å². The highest BCUT2D eigenvalue weighted by molar-refractivity contribution is 5.81. The standard InChI is InChI=1S/C28H31N7O5/c1-34(12-21-23(36)24(37)27(40-21)35-15-33-22-25(29)31-14-32-26(22)35)11-10-30-28(38)39-13-20-18-8-4-2-6-16(18)17-7-3-5-9-19(17)20/h2-9,14-15,20-21,23-24,27,36-37H,10-13H2,1H3,(H,30,38)(H2,29,31,32)/t21-,23-,24?,27-/m1/s1. The van der Waals surface area contributed by atoms with Gasteiger partial charge in [0.1, 0.15) is 36.8 Å². The third-order valence-electron chi connectivity index (χ3n) is 7.60. The molecule has 2 aromatic carbocycles. The Balaban J connectivity index is 0.989. The number of nitrogen functional groups attached to an aromatic ring is 1. The number of nitrogens with two attached hydrogens (primary N) is 1. The van der Waals surface area contributed by atoms with E-state index in [1.807, 2.05) is 36.2 Å². The van der Waals surface area contributed by atoms with Gasteiger partial charge in [-0.15, -0.1) is 0 Å². The fraction of sp³-hybridized carbons (Fsp3) is 0.357. The number of nitrogens with zero attached hydrogens (tertiary/aromatic N) is 5. The van der Waals surface area contributed by atoms with Crippen LogP contribution in [0.25, 0.3) is 22.3 Å². The minimum Gasteiger partial charge on any atom is -0.449 e. The first-order valence-electron chi connectivity index (χ1n) is 13.1. The predicted octanol–water partition coefficient (Wildman–Crippen LogP) is 1.50. The van der Waals surface area contributed by atoms with Crippen LogP contribution in [0, 0.1) is 0 Å². The lowest BCUT2D eigenvalue weighted by molar-refractivity contribution is -0.0420. The molecule has 0 saturated carbocycles. The van der Waals surface area contributed by atoms with Crippen molar-refractivity contribution in [2.45, 2.75) is 30.5 Å². The summed E-state index contributed by atoms with van der Waals surface area (Å²) in [4.78, 5) is 26.7. The molecule has 0 spiro atoms. The van der Waals surface area contributed by atoms with Crippen molar-refractivity contribution in [2.24, 2.45) is 0 Å². The van der Waals surface area contributed by atoms with Crippen LogP contribution in [0.1, 0.15) is 23.3 Å². The zero-order valence-electron chi connectivity index (χ0n) is 21.9. The molecule has 1 amide bonds. The van der Waals surface area contributed by atoms with Crippen LogP contribution in [0.5, 0.6) is 0 Å². The molecule has 5 N–H and O–H groups in total. The SMILES string of the molecule is CN(CCNC(=O)OCC1c2ccccc2-c2ccccc21)C[C@H]1O[C@@H](n2cnc3c(N)ncnc32)C(O)[C@@H]1O. The van der Waals surface area contributed by atoms with Gasteiger partial charge in [0.15, 0.2) is 17.7 Å². The highest BCUT2D eigenvalue weighted by atomic mass is 16.6. The van der Waals surface area contributed by atoms with Gasteiger partial charge in [-0.2, -0.15) is 0 Å². The van der Waals surface area contributed by atoms with Crippen LogP contribution in [0.15, 0.2) is 61.2 Å². The van der Waals surface area contributed by atoms with Gasteiger partial charge in [0, 0.05) is 25.6 Å². The summed E-state index contributed by atoms with van der Waals surface area (Å²) in [7, 11) is 1.84. The van der Waals surface area contributed by atoms with E-state index in [0.717, 1.165) is 11.1 Å². The number of hydrogen-bond acceptors (Lipinski definition) is 10. The lowest BCUT2D eigenvalue weighted by Gasteiger charge is -2.23. The number of alkyl carbamates (subject to hydrolysis) is 1. The maximum Gasteiger partial charge on any atom is 0.407 e. The topological polar surface area (TPSA) is 161 Å². The highest BCUT2D eigenvalue weighted by Crippen LogP contribution is 2.44. The van der Waals surface area contributed by atoms with Crippen molar-refractivity contribution >= 4 is 23.1 Å². The van der Waals surface area contributed by atoms with E-state index in [-0.39, 0.29) is 18.3 Å². The number of likely N-dealkylation sites (N-methyl/N-ethyl adjacent to an activating group) is 1. The number of aromatic nitrogens is 4. The number of carbonyl (C=O) groups excluding carboxylic acids is 1. The molecule has 40 heavy (non-hydrogen) atoms. The molecule has 2 aliphatic rings. The molecule has 1 saturated heterocycles. The molecule has 1 unspecified atom stereocenters. The molecule has 1 aliphatic heterocycles. The normalized spacial score (nSPS) is 22.0. The number of aliphatic hydroxyl groups excluding tert-OH is 2. The fourth-order valence-corrected chi connectivity index (χ4v) is 5.56. The van der Waals surface area contributed by atoms with Crippen molar-refractivity contribution in [3.63, 3.8) is 0 Å². The number of anilines is 1. The van der Waals surface area contributed by atoms with E-state index in [9.17, 15) is 15.0 Å². The first-order valence-corrected chi connectivity index (χ1v) is 13.1. The molecule has 4 aromatic rings. The summed E-state index contributed by atoms with van der Waals surface area (Å²) in [5.41, 5.74) is 11.3. The van der Waals surface area contributed by atoms with E-state index in [4.69, 9.17) is 15.2 Å². The number of rotatable bonds is 8. The Labute approximate surface area is 230 Å². The number of ether oxygens (including phenoxy) is 2. The summed E-state index contributed by atoms with van der Waals surface area (Å²) < 4.78 is 13.1. The zero-order chi connectivity index (χ0) is 27.8. The van der Waals surface area contributed by atoms with Crippen LogP contribution in [0.3, 0.4) is 0 Å². The van der Waals surface area contributed by atoms with Crippen molar-refractivity contribution in [3.8, 4) is 11.1 Å². The lowest BCUT2D eigenvalue weighted by Crippen LogP contribution is -2.41. The van der Waals surface area contributed by atoms with E-state index in [1.165, 1.54) is 23.8 Å². The van der Waals surface area contributed by atoms with Crippen LogP contribution in [0.2, 0.25) is 0 Å². The summed E-state index contributed by atoms with van der Waals surface area (Å²) in [5.74, 6) is 0.216. The van der Waals surface area contributed by atoms with Crippen LogP contribution in [-0.4, -0.2) is 92.3 Å². The number of benzene rings is 2. The molecule has 6 rings (SSSR count). The second-order valence-corrected chi connectivity index (χ2v) is 10.1. The number of carbonyl (C=O) groups is 1. The quantitative estimate of drug-likeness (QED) is 0.255. The van der Waals surface area contributed by atoms with Gasteiger partial charge >= 0.3 is 6.09 Å². The number of nitrogens with one attached hydrogen (secondary N) is 1. The van der Waals surface area contributed by atoms with E-state index in [1.54, 1.807) is 4.57 Å². The van der Waals surface area contributed by atoms with E-state index >= 15 is 0 Å². The largest absolute Gasteiger partial charge is 0.449 e. The molecule has 0 bridgehead atoms. The molecule has 1 aliphatic carbocycles. The number of imidazole rings is 1. The first kappa shape index (κ1) is 26.1. The smallest absolute Gasteiger partial charge is 0.407 e. The summed E-state index contributed by atoms with van der Waals surface area (Å²) in [6, 6.07) is 16.4. The molecule has 4 atom stereocenters. The average molecular weight is 546 g/mol. The second kappa shape index (κ2) is 10.8. The minimum absolute atomic E-state index is 0.00304. The molecule has 208 valence electrons. The maximum atomic E-state index is 12.5. The van der Waals surface area contributed by atoms with Gasteiger partial charge in [-0.25, -0.2) is 19.7 Å². The van der Waals surface area contributed by atoms with Crippen molar-refractivity contribution < 1.29 is 24.5 Å². The van der Waals surface area contributed by atoms with Gasteiger partial charge in [-0.3, -0.25) is 4.57 Å². The molecule has 3 heterocycles. The van der Waals surface area contributed by atoms with Crippen LogP contribution < -0.4 is 11.1 Å². The van der Waals surface area contributed by atoms with Crippen molar-refractivity contribution in [3.05, 3.63) is 72.3 Å². The number of amides is 1. The first-order chi connectivity index (χ1) is 19.4. The van der Waals surface area contributed by atoms with Crippen LogP contribution in [-0.2, 0) is 9.47 Å². The average Bonchev–Trinajstić information content (AvgIpc) is 3.61. The van der Waals surface area contributed by atoms with Gasteiger partial charge in [0.2, 0.25) is 0 Å². The molecular formula is C28H31N7O5. The van der Waals surface area contributed by atoms with Gasteiger partial charge in [-0.1, -0.05) is 48.5 Å². The van der Waals surface area contributed by atoms with Gasteiger partial charge in [0.25, 0.3) is 0 Å². The Bertz CT molecular complexity index is 1480. The van der Waals surface area contributed by atoms with E-state index in [0.29, 0.717) is 30.8 Å². The Morgan fingerprint density at radius 1 is 1.07 bits per heavy atom. The number of hydrogen-bond donors (Lipinski definition) is 4. The highest BCUT2D eigenvalue weighted by Gasteiger charge is 2.44. The molecule has 0 radical (unpaired) electrons. The van der Waals surface area contributed by atoms with E-state index < -0.39 is 30.6 Å². The molecule has 12 nitrogen and oxygen atoms in total. The van der Waals surface area contributed by atoms with Crippen molar-refractivity contribution in [1.29, 1.82) is 0 Å². The molecular weight excluding hydrogens is 514 g/mol. The van der Waals surface area contributed by atoms with Gasteiger partial charge < -0.3 is 35.6 Å². The van der Waals surface area contributed by atoms with Gasteiger partial charge in [0.05, 0.1) is 6.33 Å². The molecule has 2 aromatic heterocycles. The third-order valence-corrected chi connectivity index (χ3v) is 7.60. The monoisotopic (exact) mass is 545 g/mol. The van der Waals surface area contributed by atoms with Crippen molar-refractivity contribution in [2.75, 3.05) is 39.0 Å². The lowest BCUT2D eigenvalue weighted by atomic mass is 9.98.